The summed E-state index contributed by atoms with van der Waals surface area (Å²) >= 11 is 0. The van der Waals surface area contributed by atoms with Crippen LogP contribution in [-0.4, -0.2) is 10.4 Å². The Morgan fingerprint density at radius 3 is 2.42 bits per heavy atom. The Hall–Kier alpha value is -2.03. The van der Waals surface area contributed by atoms with E-state index >= 15 is 0 Å². The van der Waals surface area contributed by atoms with Crippen LogP contribution >= 0.6 is 0 Å². The molecule has 1 aromatic carbocycles. The van der Waals surface area contributed by atoms with Gasteiger partial charge in [-0.05, 0) is 43.0 Å². The van der Waals surface area contributed by atoms with Gasteiger partial charge in [0.05, 0.1) is 5.69 Å². The van der Waals surface area contributed by atoms with Gasteiger partial charge in [0.1, 0.15) is 0 Å². The molecule has 3 heteroatoms. The maximum absolute atomic E-state index is 13.2. The van der Waals surface area contributed by atoms with Crippen molar-refractivity contribution in [3.8, 4) is 0 Å². The molecule has 0 aliphatic heterocycles. The molecule has 3 nitrogen and oxygen atoms in total. The molecule has 0 fully saturated rings. The highest BCUT2D eigenvalue weighted by atomic mass is 16.1. The van der Waals surface area contributed by atoms with Gasteiger partial charge < -0.3 is 10.3 Å². The second kappa shape index (κ2) is 8.72. The predicted molar refractivity (Wildman–Crippen MR) is 102 cm³/mol. The zero-order valence-corrected chi connectivity index (χ0v) is 15.3. The maximum Gasteiger partial charge on any atom is 0.209 e. The van der Waals surface area contributed by atoms with Gasteiger partial charge >= 0.3 is 0 Å². The van der Waals surface area contributed by atoms with Crippen LogP contribution < -0.4 is 5.73 Å². The Bertz CT molecular complexity index is 685. The fourth-order valence-corrected chi connectivity index (χ4v) is 3.24. The number of carbonyl (C=O) groups is 1. The number of anilines is 1. The molecule has 0 bridgehead atoms. The number of rotatable bonds is 9. The third-order valence-corrected chi connectivity index (χ3v) is 4.39. The Balaban J connectivity index is 2.52. The van der Waals surface area contributed by atoms with Crippen LogP contribution in [0.5, 0.6) is 0 Å². The molecular formula is C21H30N2O. The summed E-state index contributed by atoms with van der Waals surface area (Å²) in [5.41, 5.74) is 10.6. The van der Waals surface area contributed by atoms with Crippen molar-refractivity contribution in [1.29, 1.82) is 0 Å². The molecule has 0 saturated heterocycles. The van der Waals surface area contributed by atoms with Crippen molar-refractivity contribution in [3.63, 3.8) is 0 Å². The van der Waals surface area contributed by atoms with E-state index in [2.05, 4.69) is 31.4 Å². The first-order valence-electron chi connectivity index (χ1n) is 9.23. The van der Waals surface area contributed by atoms with Gasteiger partial charge in [-0.15, -0.1) is 0 Å². The summed E-state index contributed by atoms with van der Waals surface area (Å²) in [5, 5.41) is 0. The van der Waals surface area contributed by atoms with Crippen LogP contribution in [0.15, 0.2) is 30.3 Å². The molecule has 0 aliphatic carbocycles. The van der Waals surface area contributed by atoms with Crippen molar-refractivity contribution < 1.29 is 4.79 Å². The lowest BCUT2D eigenvalue weighted by Crippen LogP contribution is -2.15. The number of aromatic nitrogens is 1. The summed E-state index contributed by atoms with van der Waals surface area (Å²) in [6.07, 6.45) is 6.31. The van der Waals surface area contributed by atoms with E-state index in [1.807, 2.05) is 18.2 Å². The molecule has 0 aliphatic rings. The van der Waals surface area contributed by atoms with E-state index in [-0.39, 0.29) is 5.78 Å². The number of nitrogen functional groups attached to an aromatic ring is 1. The average Bonchev–Trinajstić information content (AvgIpc) is 2.90. The molecule has 0 radical (unpaired) electrons. The van der Waals surface area contributed by atoms with Crippen molar-refractivity contribution >= 4 is 11.5 Å². The van der Waals surface area contributed by atoms with Crippen LogP contribution in [0.4, 0.5) is 5.69 Å². The van der Waals surface area contributed by atoms with Gasteiger partial charge in [0.15, 0.2) is 0 Å². The van der Waals surface area contributed by atoms with Crippen LogP contribution in [0.3, 0.4) is 0 Å². The lowest BCUT2D eigenvalue weighted by atomic mass is 10.0. The van der Waals surface area contributed by atoms with E-state index < -0.39 is 0 Å². The first kappa shape index (κ1) is 18.3. The number of aryl methyl sites for hydroxylation is 2. The van der Waals surface area contributed by atoms with Gasteiger partial charge in [0, 0.05) is 23.5 Å². The first-order valence-corrected chi connectivity index (χ1v) is 9.23. The van der Waals surface area contributed by atoms with E-state index in [4.69, 9.17) is 5.73 Å². The third-order valence-electron chi connectivity index (χ3n) is 4.39. The van der Waals surface area contributed by atoms with Crippen LogP contribution in [0, 0.1) is 0 Å². The number of nitrogens with two attached hydrogens (primary N) is 1. The Morgan fingerprint density at radius 2 is 1.79 bits per heavy atom. The van der Waals surface area contributed by atoms with Crippen molar-refractivity contribution in [2.45, 2.75) is 65.8 Å². The minimum atomic E-state index is 0.101. The van der Waals surface area contributed by atoms with E-state index in [9.17, 15) is 4.79 Å². The van der Waals surface area contributed by atoms with E-state index in [0.29, 0.717) is 11.3 Å². The molecule has 24 heavy (non-hydrogen) atoms. The van der Waals surface area contributed by atoms with E-state index in [1.165, 1.54) is 11.3 Å². The fourth-order valence-electron chi connectivity index (χ4n) is 3.24. The standard InChI is InChI=1S/C21H30N2O/c1-4-7-13-23-19(10-6-3)15-16(9-5-2)20(23)21(24)17-11-8-12-18(22)14-17/h8,11-12,14-15H,4-7,9-10,13,22H2,1-3H3. The van der Waals surface area contributed by atoms with Gasteiger partial charge in [-0.1, -0.05) is 52.2 Å². The highest BCUT2D eigenvalue weighted by Crippen LogP contribution is 2.24. The number of ketones is 1. The van der Waals surface area contributed by atoms with Gasteiger partial charge in [-0.3, -0.25) is 4.79 Å². The van der Waals surface area contributed by atoms with Gasteiger partial charge in [0.2, 0.25) is 5.78 Å². The van der Waals surface area contributed by atoms with Crippen molar-refractivity contribution in [2.24, 2.45) is 0 Å². The minimum Gasteiger partial charge on any atom is -0.399 e. The molecule has 1 heterocycles. The lowest BCUT2D eigenvalue weighted by Gasteiger charge is -2.14. The third kappa shape index (κ3) is 4.08. The summed E-state index contributed by atoms with van der Waals surface area (Å²) in [7, 11) is 0. The molecular weight excluding hydrogens is 296 g/mol. The van der Waals surface area contributed by atoms with Gasteiger partial charge in [-0.2, -0.15) is 0 Å². The zero-order valence-electron chi connectivity index (χ0n) is 15.3. The van der Waals surface area contributed by atoms with E-state index in [0.717, 1.165) is 50.8 Å². The van der Waals surface area contributed by atoms with Crippen molar-refractivity contribution in [3.05, 3.63) is 52.8 Å². The number of benzene rings is 1. The molecule has 0 saturated carbocycles. The molecule has 2 N–H and O–H groups in total. The SMILES string of the molecule is CCCCn1c(CCC)cc(CCC)c1C(=O)c1cccc(N)c1. The number of carbonyl (C=O) groups excluding carboxylic acids is 1. The summed E-state index contributed by atoms with van der Waals surface area (Å²) in [5.74, 6) is 0.101. The fraction of sp³-hybridized carbons (Fsp3) is 0.476. The molecule has 2 rings (SSSR count). The highest BCUT2D eigenvalue weighted by molar-refractivity contribution is 6.09. The van der Waals surface area contributed by atoms with Crippen LogP contribution in [0.1, 0.15) is 73.8 Å². The van der Waals surface area contributed by atoms with Gasteiger partial charge in [0.25, 0.3) is 0 Å². The number of hydrogen-bond donors (Lipinski definition) is 1. The Labute approximate surface area is 145 Å². The number of hydrogen-bond acceptors (Lipinski definition) is 2. The maximum atomic E-state index is 13.2. The largest absolute Gasteiger partial charge is 0.399 e. The molecule has 2 aromatic rings. The summed E-state index contributed by atoms with van der Waals surface area (Å²) in [4.78, 5) is 13.2. The summed E-state index contributed by atoms with van der Waals surface area (Å²) in [6.45, 7) is 7.46. The average molecular weight is 326 g/mol. The summed E-state index contributed by atoms with van der Waals surface area (Å²) < 4.78 is 2.27. The molecule has 0 atom stereocenters. The van der Waals surface area contributed by atoms with E-state index in [1.54, 1.807) is 6.07 Å². The topological polar surface area (TPSA) is 48.0 Å². The number of nitrogens with zero attached hydrogens (tertiary/aromatic N) is 1. The smallest absolute Gasteiger partial charge is 0.209 e. The van der Waals surface area contributed by atoms with Crippen molar-refractivity contribution in [1.82, 2.24) is 4.57 Å². The molecule has 0 spiro atoms. The lowest BCUT2D eigenvalue weighted by molar-refractivity contribution is 0.102. The summed E-state index contributed by atoms with van der Waals surface area (Å²) in [6, 6.07) is 9.58. The number of unbranched alkanes of at least 4 members (excludes halogenated alkanes) is 1. The first-order chi connectivity index (χ1) is 11.6. The van der Waals surface area contributed by atoms with Crippen LogP contribution in [0.25, 0.3) is 0 Å². The molecule has 0 amide bonds. The normalized spacial score (nSPS) is 11.0. The molecule has 0 unspecified atom stereocenters. The Morgan fingerprint density at radius 1 is 1.04 bits per heavy atom. The second-order valence-corrected chi connectivity index (χ2v) is 6.47. The minimum absolute atomic E-state index is 0.101. The van der Waals surface area contributed by atoms with Crippen LogP contribution in [-0.2, 0) is 19.4 Å². The second-order valence-electron chi connectivity index (χ2n) is 6.47. The van der Waals surface area contributed by atoms with Crippen LogP contribution in [0.2, 0.25) is 0 Å². The predicted octanol–water partition coefficient (Wildman–Crippen LogP) is 5.01. The molecule has 130 valence electrons. The monoisotopic (exact) mass is 326 g/mol. The quantitative estimate of drug-likeness (QED) is 0.520. The molecule has 1 aromatic heterocycles. The van der Waals surface area contributed by atoms with Crippen molar-refractivity contribution in [2.75, 3.05) is 5.73 Å². The van der Waals surface area contributed by atoms with Gasteiger partial charge in [-0.25, -0.2) is 0 Å². The Kier molecular flexibility index (Phi) is 6.65. The highest BCUT2D eigenvalue weighted by Gasteiger charge is 2.21. The zero-order chi connectivity index (χ0) is 17.5.